The Kier molecular flexibility index (Phi) is 8.95. The highest BCUT2D eigenvalue weighted by Gasteiger charge is 2.07. The summed E-state index contributed by atoms with van der Waals surface area (Å²) in [6, 6.07) is 11.2. The van der Waals surface area contributed by atoms with Crippen LogP contribution >= 0.6 is 0 Å². The average Bonchev–Trinajstić information content (AvgIpc) is 2.74. The standard InChI is InChI=1S/C22H31N3O4/c1-5-29-21-13-16(8-11-20(21)28-4)7-6-12-24-22(23-2)25-15-17-14-18(27-3)9-10-19(17)26/h8-11,13-14,26H,5-7,12,15H2,1-4H3,(H2,23,24,25). The molecule has 2 aromatic carbocycles. The van der Waals surface area contributed by atoms with Crippen molar-refractivity contribution in [3.8, 4) is 23.0 Å². The van der Waals surface area contributed by atoms with Crippen molar-refractivity contribution in [3.63, 3.8) is 0 Å². The number of guanidine groups is 1. The van der Waals surface area contributed by atoms with Gasteiger partial charge in [-0.05, 0) is 55.7 Å². The molecule has 158 valence electrons. The van der Waals surface area contributed by atoms with E-state index in [0.717, 1.165) is 36.4 Å². The number of nitrogens with one attached hydrogen (secondary N) is 2. The van der Waals surface area contributed by atoms with Crippen LogP contribution in [0.15, 0.2) is 41.4 Å². The Hall–Kier alpha value is -3.09. The second kappa shape index (κ2) is 11.7. The highest BCUT2D eigenvalue weighted by molar-refractivity contribution is 5.79. The van der Waals surface area contributed by atoms with Gasteiger partial charge >= 0.3 is 0 Å². The molecule has 0 spiro atoms. The van der Waals surface area contributed by atoms with Gasteiger partial charge in [-0.25, -0.2) is 0 Å². The summed E-state index contributed by atoms with van der Waals surface area (Å²) in [6.45, 7) is 3.77. The topological polar surface area (TPSA) is 84.3 Å². The number of ether oxygens (including phenoxy) is 3. The van der Waals surface area contributed by atoms with Crippen molar-refractivity contribution in [3.05, 3.63) is 47.5 Å². The zero-order valence-corrected chi connectivity index (χ0v) is 17.6. The first-order valence-electron chi connectivity index (χ1n) is 9.71. The number of hydrogen-bond donors (Lipinski definition) is 3. The van der Waals surface area contributed by atoms with Gasteiger partial charge in [0.15, 0.2) is 17.5 Å². The number of aliphatic imine (C=N–C) groups is 1. The highest BCUT2D eigenvalue weighted by atomic mass is 16.5. The number of methoxy groups -OCH3 is 2. The van der Waals surface area contributed by atoms with Crippen LogP contribution in [-0.2, 0) is 13.0 Å². The first-order valence-corrected chi connectivity index (χ1v) is 9.71. The summed E-state index contributed by atoms with van der Waals surface area (Å²) in [5.41, 5.74) is 1.94. The number of nitrogens with zero attached hydrogens (tertiary/aromatic N) is 1. The Morgan fingerprint density at radius 2 is 1.86 bits per heavy atom. The number of phenols is 1. The number of benzene rings is 2. The van der Waals surface area contributed by atoms with Crippen molar-refractivity contribution in [1.82, 2.24) is 10.6 Å². The third-order valence-electron chi connectivity index (χ3n) is 4.42. The summed E-state index contributed by atoms with van der Waals surface area (Å²) < 4.78 is 16.2. The second-order valence-corrected chi connectivity index (χ2v) is 6.37. The normalized spacial score (nSPS) is 11.1. The molecule has 3 N–H and O–H groups in total. The zero-order chi connectivity index (χ0) is 21.1. The van der Waals surface area contributed by atoms with Crippen molar-refractivity contribution in [1.29, 1.82) is 0 Å². The van der Waals surface area contributed by atoms with Crippen LogP contribution in [0, 0.1) is 0 Å². The summed E-state index contributed by atoms with van der Waals surface area (Å²) >= 11 is 0. The fourth-order valence-electron chi connectivity index (χ4n) is 2.87. The van der Waals surface area contributed by atoms with E-state index in [9.17, 15) is 5.11 Å². The number of phenolic OH excluding ortho intramolecular Hbond substituents is 1. The molecule has 29 heavy (non-hydrogen) atoms. The van der Waals surface area contributed by atoms with E-state index in [1.54, 1.807) is 39.5 Å². The molecule has 0 heterocycles. The molecule has 0 saturated carbocycles. The van der Waals surface area contributed by atoms with Crippen LogP contribution in [0.4, 0.5) is 0 Å². The van der Waals surface area contributed by atoms with E-state index in [-0.39, 0.29) is 5.75 Å². The van der Waals surface area contributed by atoms with Gasteiger partial charge in [0.2, 0.25) is 0 Å². The molecule has 2 aromatic rings. The van der Waals surface area contributed by atoms with Crippen molar-refractivity contribution >= 4 is 5.96 Å². The first kappa shape index (κ1) is 22.2. The Morgan fingerprint density at radius 3 is 2.55 bits per heavy atom. The van der Waals surface area contributed by atoms with Crippen molar-refractivity contribution in [2.75, 3.05) is 34.4 Å². The quantitative estimate of drug-likeness (QED) is 0.322. The molecule has 0 bridgehead atoms. The van der Waals surface area contributed by atoms with E-state index >= 15 is 0 Å². The Morgan fingerprint density at radius 1 is 1.03 bits per heavy atom. The smallest absolute Gasteiger partial charge is 0.191 e. The van der Waals surface area contributed by atoms with Crippen LogP contribution in [0.3, 0.4) is 0 Å². The molecular formula is C22H31N3O4. The van der Waals surface area contributed by atoms with Crippen LogP contribution in [0.25, 0.3) is 0 Å². The summed E-state index contributed by atoms with van der Waals surface area (Å²) in [7, 11) is 4.97. The number of rotatable bonds is 10. The van der Waals surface area contributed by atoms with Gasteiger partial charge in [-0.3, -0.25) is 4.99 Å². The van der Waals surface area contributed by atoms with Crippen LogP contribution in [0.2, 0.25) is 0 Å². The van der Waals surface area contributed by atoms with Gasteiger partial charge in [-0.15, -0.1) is 0 Å². The van der Waals surface area contributed by atoms with Gasteiger partial charge in [0.05, 0.1) is 20.8 Å². The molecular weight excluding hydrogens is 370 g/mol. The minimum Gasteiger partial charge on any atom is -0.508 e. The molecule has 0 saturated heterocycles. The van der Waals surface area contributed by atoms with Crippen molar-refractivity contribution in [2.45, 2.75) is 26.3 Å². The molecule has 7 nitrogen and oxygen atoms in total. The molecule has 0 aliphatic rings. The molecule has 0 atom stereocenters. The number of aromatic hydroxyl groups is 1. The molecule has 0 aliphatic carbocycles. The Labute approximate surface area is 172 Å². The lowest BCUT2D eigenvalue weighted by atomic mass is 10.1. The minimum atomic E-state index is 0.221. The maximum Gasteiger partial charge on any atom is 0.191 e. The molecule has 0 fully saturated rings. The van der Waals surface area contributed by atoms with Crippen LogP contribution in [-0.4, -0.2) is 45.5 Å². The second-order valence-electron chi connectivity index (χ2n) is 6.37. The van der Waals surface area contributed by atoms with Crippen LogP contribution < -0.4 is 24.8 Å². The minimum absolute atomic E-state index is 0.221. The van der Waals surface area contributed by atoms with Gasteiger partial charge in [-0.1, -0.05) is 6.07 Å². The van der Waals surface area contributed by atoms with Gasteiger partial charge in [0.1, 0.15) is 11.5 Å². The average molecular weight is 402 g/mol. The SMILES string of the molecule is CCOc1cc(CCCNC(=NC)NCc2cc(OC)ccc2O)ccc1OC. The zero-order valence-electron chi connectivity index (χ0n) is 17.6. The fraction of sp³-hybridized carbons (Fsp3) is 0.409. The number of aryl methyl sites for hydroxylation is 1. The predicted octanol–water partition coefficient (Wildman–Crippen LogP) is 3.11. The van der Waals surface area contributed by atoms with Gasteiger partial charge in [-0.2, -0.15) is 0 Å². The summed E-state index contributed by atoms with van der Waals surface area (Å²) in [5.74, 6) is 3.12. The van der Waals surface area contributed by atoms with Crippen LogP contribution in [0.1, 0.15) is 24.5 Å². The lowest BCUT2D eigenvalue weighted by Crippen LogP contribution is -2.37. The molecule has 0 amide bonds. The lowest BCUT2D eigenvalue weighted by Gasteiger charge is -2.14. The third kappa shape index (κ3) is 6.78. The highest BCUT2D eigenvalue weighted by Crippen LogP contribution is 2.28. The molecule has 0 radical (unpaired) electrons. The summed E-state index contributed by atoms with van der Waals surface area (Å²) in [4.78, 5) is 4.23. The van der Waals surface area contributed by atoms with E-state index < -0.39 is 0 Å². The largest absolute Gasteiger partial charge is 0.508 e. The molecule has 7 heteroatoms. The van der Waals surface area contributed by atoms with Crippen molar-refractivity contribution < 1.29 is 19.3 Å². The van der Waals surface area contributed by atoms with E-state index in [4.69, 9.17) is 14.2 Å². The van der Waals surface area contributed by atoms with Gasteiger partial charge in [0.25, 0.3) is 0 Å². The first-order chi connectivity index (χ1) is 14.1. The fourth-order valence-corrected chi connectivity index (χ4v) is 2.87. The predicted molar refractivity (Wildman–Crippen MR) is 115 cm³/mol. The number of hydrogen-bond acceptors (Lipinski definition) is 5. The summed E-state index contributed by atoms with van der Waals surface area (Å²) in [6.07, 6.45) is 1.84. The molecule has 0 unspecified atom stereocenters. The maximum atomic E-state index is 9.98. The Bertz CT molecular complexity index is 809. The van der Waals surface area contributed by atoms with Crippen LogP contribution in [0.5, 0.6) is 23.0 Å². The lowest BCUT2D eigenvalue weighted by molar-refractivity contribution is 0.310. The molecule has 0 aliphatic heterocycles. The Balaban J connectivity index is 1.81. The molecule has 2 rings (SSSR count). The van der Waals surface area contributed by atoms with E-state index in [1.807, 2.05) is 19.1 Å². The maximum absolute atomic E-state index is 9.98. The monoisotopic (exact) mass is 401 g/mol. The summed E-state index contributed by atoms with van der Waals surface area (Å²) in [5, 5.41) is 16.5. The van der Waals surface area contributed by atoms with E-state index in [2.05, 4.69) is 21.7 Å². The van der Waals surface area contributed by atoms with Gasteiger partial charge in [0, 0.05) is 25.7 Å². The van der Waals surface area contributed by atoms with E-state index in [1.165, 1.54) is 5.56 Å². The van der Waals surface area contributed by atoms with E-state index in [0.29, 0.717) is 24.9 Å². The van der Waals surface area contributed by atoms with Gasteiger partial charge < -0.3 is 30.0 Å². The van der Waals surface area contributed by atoms with Crippen molar-refractivity contribution in [2.24, 2.45) is 4.99 Å². The molecule has 0 aromatic heterocycles. The third-order valence-corrected chi connectivity index (χ3v) is 4.42.